The van der Waals surface area contributed by atoms with Crippen LogP contribution in [0.4, 0.5) is 17.6 Å². The van der Waals surface area contributed by atoms with Crippen molar-refractivity contribution in [2.24, 2.45) is 0 Å². The van der Waals surface area contributed by atoms with Gasteiger partial charge in [0.2, 0.25) is 0 Å². The fraction of sp³-hybridized carbons (Fsp3) is 0.143. The van der Waals surface area contributed by atoms with Crippen LogP contribution in [0.15, 0.2) is 91.1 Å². The highest BCUT2D eigenvalue weighted by molar-refractivity contribution is 6.30. The Morgan fingerprint density at radius 2 is 1.59 bits per heavy atom. The standard InChI is InChI=1S/C28H21ClF4N2O2/c29-23-9-10-25(34-17-23)27(15-18-5-2-1-3-6-18,21-12-22(28(31,32)33)14-24(30)13-21)35-16-19-7-4-8-20(11-19)26(36)37/h1-14,17,35H,15-16H2,(H,36,37)/t27-/m0/s1. The van der Waals surface area contributed by atoms with Crippen LogP contribution in [0.2, 0.25) is 5.02 Å². The average Bonchev–Trinajstić information content (AvgIpc) is 2.87. The van der Waals surface area contributed by atoms with Crippen LogP contribution in [0.25, 0.3) is 0 Å². The number of carbonyl (C=O) groups is 1. The van der Waals surface area contributed by atoms with Crippen LogP contribution in [0.3, 0.4) is 0 Å². The minimum atomic E-state index is -4.78. The summed E-state index contributed by atoms with van der Waals surface area (Å²) in [5.74, 6) is -2.16. The highest BCUT2D eigenvalue weighted by Crippen LogP contribution is 2.38. The third kappa shape index (κ3) is 6.15. The first-order valence-electron chi connectivity index (χ1n) is 11.2. The smallest absolute Gasteiger partial charge is 0.416 e. The van der Waals surface area contributed by atoms with E-state index >= 15 is 0 Å². The molecule has 0 fully saturated rings. The summed E-state index contributed by atoms with van der Waals surface area (Å²) < 4.78 is 55.8. The molecule has 0 saturated heterocycles. The summed E-state index contributed by atoms with van der Waals surface area (Å²) in [6.07, 6.45) is -3.30. The summed E-state index contributed by atoms with van der Waals surface area (Å²) in [4.78, 5) is 15.9. The van der Waals surface area contributed by atoms with Crippen molar-refractivity contribution < 1.29 is 27.5 Å². The molecule has 1 heterocycles. The predicted octanol–water partition coefficient (Wildman–Crippen LogP) is 6.87. The van der Waals surface area contributed by atoms with Gasteiger partial charge in [-0.3, -0.25) is 10.3 Å². The van der Waals surface area contributed by atoms with E-state index in [0.717, 1.165) is 17.7 Å². The van der Waals surface area contributed by atoms with Gasteiger partial charge in [0.05, 0.1) is 27.4 Å². The fourth-order valence-electron chi connectivity index (χ4n) is 4.19. The van der Waals surface area contributed by atoms with Gasteiger partial charge in [-0.1, -0.05) is 54.1 Å². The van der Waals surface area contributed by atoms with Crippen LogP contribution in [-0.2, 0) is 24.7 Å². The highest BCUT2D eigenvalue weighted by Gasteiger charge is 2.39. The molecule has 1 aromatic heterocycles. The van der Waals surface area contributed by atoms with E-state index in [1.807, 2.05) is 0 Å². The van der Waals surface area contributed by atoms with Crippen LogP contribution in [0.1, 0.15) is 38.3 Å². The second-order valence-corrected chi connectivity index (χ2v) is 8.95. The van der Waals surface area contributed by atoms with Crippen molar-refractivity contribution in [3.05, 3.63) is 135 Å². The SMILES string of the molecule is O=C(O)c1cccc(CN[C@@](Cc2ccccc2)(c2cc(F)cc(C(F)(F)F)c2)c2ccc(Cl)cn2)c1. The number of halogens is 5. The van der Waals surface area contributed by atoms with Crippen molar-refractivity contribution in [3.8, 4) is 0 Å². The van der Waals surface area contributed by atoms with Crippen molar-refractivity contribution >= 4 is 17.6 Å². The Bertz CT molecular complexity index is 1400. The number of alkyl halides is 3. The molecule has 0 aliphatic heterocycles. The molecule has 1 atom stereocenters. The molecule has 2 N–H and O–H groups in total. The first kappa shape index (κ1) is 26.3. The molecule has 37 heavy (non-hydrogen) atoms. The molecular weight excluding hydrogens is 508 g/mol. The van der Waals surface area contributed by atoms with Gasteiger partial charge >= 0.3 is 12.1 Å². The molecule has 0 spiro atoms. The number of hydrogen-bond acceptors (Lipinski definition) is 3. The van der Waals surface area contributed by atoms with Gasteiger partial charge in [0, 0.05) is 19.2 Å². The molecule has 0 aliphatic carbocycles. The number of nitrogens with one attached hydrogen (secondary N) is 1. The lowest BCUT2D eigenvalue weighted by molar-refractivity contribution is -0.137. The van der Waals surface area contributed by atoms with Crippen molar-refractivity contribution in [2.75, 3.05) is 0 Å². The van der Waals surface area contributed by atoms with E-state index in [1.54, 1.807) is 54.6 Å². The number of pyridine rings is 1. The van der Waals surface area contributed by atoms with E-state index in [-0.39, 0.29) is 24.1 Å². The van der Waals surface area contributed by atoms with Crippen molar-refractivity contribution in [1.29, 1.82) is 0 Å². The molecule has 0 radical (unpaired) electrons. The minimum absolute atomic E-state index is 0.00731. The first-order chi connectivity index (χ1) is 17.6. The maximum absolute atomic E-state index is 14.7. The zero-order chi connectivity index (χ0) is 26.6. The summed E-state index contributed by atoms with van der Waals surface area (Å²) in [7, 11) is 0. The Hall–Kier alpha value is -3.75. The van der Waals surface area contributed by atoms with Gasteiger partial charge in [0.1, 0.15) is 5.82 Å². The molecular formula is C28H21ClF4N2O2. The number of carboxylic acid groups (broad SMARTS) is 1. The molecule has 0 unspecified atom stereocenters. The summed E-state index contributed by atoms with van der Waals surface area (Å²) in [6, 6.07) is 20.7. The second-order valence-electron chi connectivity index (χ2n) is 8.51. The molecule has 0 aliphatic rings. The Morgan fingerprint density at radius 3 is 2.24 bits per heavy atom. The van der Waals surface area contributed by atoms with Gasteiger partial charge in [0.25, 0.3) is 0 Å². The van der Waals surface area contributed by atoms with Gasteiger partial charge < -0.3 is 5.11 Å². The van der Waals surface area contributed by atoms with Crippen molar-refractivity contribution in [3.63, 3.8) is 0 Å². The van der Waals surface area contributed by atoms with Crippen LogP contribution in [0.5, 0.6) is 0 Å². The molecule has 190 valence electrons. The maximum atomic E-state index is 14.7. The monoisotopic (exact) mass is 528 g/mol. The molecule has 3 aromatic carbocycles. The number of hydrogen-bond donors (Lipinski definition) is 2. The van der Waals surface area contributed by atoms with E-state index in [9.17, 15) is 27.5 Å². The fourth-order valence-corrected chi connectivity index (χ4v) is 4.30. The van der Waals surface area contributed by atoms with Gasteiger partial charge in [0.15, 0.2) is 0 Å². The Labute approximate surface area is 215 Å². The van der Waals surface area contributed by atoms with Crippen LogP contribution in [-0.4, -0.2) is 16.1 Å². The predicted molar refractivity (Wildman–Crippen MR) is 132 cm³/mol. The summed E-state index contributed by atoms with van der Waals surface area (Å²) in [6.45, 7) is 0.0517. The minimum Gasteiger partial charge on any atom is -0.478 e. The molecule has 0 bridgehead atoms. The molecule has 4 rings (SSSR count). The number of benzene rings is 3. The zero-order valence-corrected chi connectivity index (χ0v) is 20.0. The lowest BCUT2D eigenvalue weighted by Crippen LogP contribution is -2.46. The van der Waals surface area contributed by atoms with Crippen molar-refractivity contribution in [1.82, 2.24) is 10.3 Å². The highest BCUT2D eigenvalue weighted by atomic mass is 35.5. The molecule has 0 amide bonds. The second kappa shape index (κ2) is 10.7. The molecule has 0 saturated carbocycles. The summed E-state index contributed by atoms with van der Waals surface area (Å²) >= 11 is 6.05. The largest absolute Gasteiger partial charge is 0.478 e. The zero-order valence-electron chi connectivity index (χ0n) is 19.3. The van der Waals surface area contributed by atoms with Gasteiger partial charge in [-0.2, -0.15) is 13.2 Å². The van der Waals surface area contributed by atoms with Gasteiger partial charge in [-0.05, 0) is 59.2 Å². The third-order valence-corrected chi connectivity index (χ3v) is 6.19. The Kier molecular flexibility index (Phi) is 7.61. The molecule has 9 heteroatoms. The topological polar surface area (TPSA) is 62.2 Å². The van der Waals surface area contributed by atoms with Crippen molar-refractivity contribution in [2.45, 2.75) is 24.7 Å². The lowest BCUT2D eigenvalue weighted by Gasteiger charge is -2.36. The van der Waals surface area contributed by atoms with Gasteiger partial charge in [-0.25, -0.2) is 9.18 Å². The number of carboxylic acids is 1. The van der Waals surface area contributed by atoms with E-state index < -0.39 is 29.1 Å². The number of aromatic carboxylic acids is 1. The van der Waals surface area contributed by atoms with Crippen LogP contribution >= 0.6 is 11.6 Å². The summed E-state index contributed by atoms with van der Waals surface area (Å²) in [5.41, 5.74) is -0.872. The van der Waals surface area contributed by atoms with Crippen LogP contribution in [0, 0.1) is 5.82 Å². The van der Waals surface area contributed by atoms with Gasteiger partial charge in [-0.15, -0.1) is 0 Å². The number of rotatable bonds is 8. The molecule has 4 nitrogen and oxygen atoms in total. The normalized spacial score (nSPS) is 13.2. The maximum Gasteiger partial charge on any atom is 0.416 e. The summed E-state index contributed by atoms with van der Waals surface area (Å²) in [5, 5.41) is 13.0. The third-order valence-electron chi connectivity index (χ3n) is 5.96. The van der Waals surface area contributed by atoms with E-state index in [4.69, 9.17) is 11.6 Å². The number of aromatic nitrogens is 1. The first-order valence-corrected chi connectivity index (χ1v) is 11.6. The Balaban J connectivity index is 1.92. The van der Waals surface area contributed by atoms with E-state index in [2.05, 4.69) is 10.3 Å². The van der Waals surface area contributed by atoms with Crippen LogP contribution < -0.4 is 5.32 Å². The number of nitrogens with zero attached hydrogens (tertiary/aromatic N) is 1. The quantitative estimate of drug-likeness (QED) is 0.245. The molecule has 4 aromatic rings. The van der Waals surface area contributed by atoms with E-state index in [0.29, 0.717) is 22.3 Å². The Morgan fingerprint density at radius 1 is 0.892 bits per heavy atom. The lowest BCUT2D eigenvalue weighted by atomic mass is 9.79. The van der Waals surface area contributed by atoms with E-state index in [1.165, 1.54) is 18.3 Å². The average molecular weight is 529 g/mol.